The van der Waals surface area contributed by atoms with Crippen molar-refractivity contribution in [2.45, 2.75) is 38.6 Å². The quantitative estimate of drug-likeness (QED) is 0.895. The first-order valence-corrected chi connectivity index (χ1v) is 9.87. The fourth-order valence-electron chi connectivity index (χ4n) is 4.04. The van der Waals surface area contributed by atoms with Crippen molar-refractivity contribution in [3.05, 3.63) is 24.3 Å². The largest absolute Gasteiger partial charge is 0.379 e. The Morgan fingerprint density at radius 3 is 2.69 bits per heavy atom. The third-order valence-electron chi connectivity index (χ3n) is 5.61. The van der Waals surface area contributed by atoms with Crippen LogP contribution in [0.5, 0.6) is 0 Å². The van der Waals surface area contributed by atoms with Crippen LogP contribution in [-0.2, 0) is 16.1 Å². The monoisotopic (exact) mass is 356 g/mol. The molecule has 1 aliphatic heterocycles. The first-order valence-electron chi connectivity index (χ1n) is 9.87. The summed E-state index contributed by atoms with van der Waals surface area (Å²) in [7, 11) is 0. The molecule has 0 atom stereocenters. The van der Waals surface area contributed by atoms with Crippen LogP contribution in [0.3, 0.4) is 0 Å². The van der Waals surface area contributed by atoms with Crippen molar-refractivity contribution in [3.63, 3.8) is 0 Å². The highest BCUT2D eigenvalue weighted by molar-refractivity contribution is 5.93. The Morgan fingerprint density at radius 2 is 1.88 bits per heavy atom. The summed E-state index contributed by atoms with van der Waals surface area (Å²) < 4.78 is 7.59. The number of nitrogens with one attached hydrogen (secondary N) is 1. The van der Waals surface area contributed by atoms with Gasteiger partial charge in [-0.1, -0.05) is 31.4 Å². The Hall–Kier alpha value is -1.92. The predicted octanol–water partition coefficient (Wildman–Crippen LogP) is 2.89. The fourth-order valence-corrected chi connectivity index (χ4v) is 4.04. The van der Waals surface area contributed by atoms with E-state index < -0.39 is 0 Å². The standard InChI is InChI=1S/C20H28N4O2/c25-19(16-6-2-1-3-7-16)22-20-21-17-8-4-5-9-18(17)24(20)11-10-23-12-14-26-15-13-23/h4-5,8-9,16H,1-3,6-7,10-15H2,(H,21,22,25). The Bertz CT molecular complexity index is 745. The lowest BCUT2D eigenvalue weighted by molar-refractivity contribution is -0.120. The van der Waals surface area contributed by atoms with Gasteiger partial charge in [0.05, 0.1) is 24.2 Å². The number of carbonyl (C=O) groups excluding carboxylic acids is 1. The van der Waals surface area contributed by atoms with Crippen LogP contribution in [0, 0.1) is 5.92 Å². The maximum atomic E-state index is 12.7. The maximum absolute atomic E-state index is 12.7. The first kappa shape index (κ1) is 17.5. The van der Waals surface area contributed by atoms with Crippen LogP contribution < -0.4 is 5.32 Å². The molecule has 2 aromatic rings. The van der Waals surface area contributed by atoms with Gasteiger partial charge in [-0.25, -0.2) is 4.98 Å². The van der Waals surface area contributed by atoms with Gasteiger partial charge in [0.1, 0.15) is 0 Å². The van der Waals surface area contributed by atoms with Gasteiger partial charge in [-0.05, 0) is 25.0 Å². The molecule has 26 heavy (non-hydrogen) atoms. The van der Waals surface area contributed by atoms with Gasteiger partial charge in [0.15, 0.2) is 0 Å². The Morgan fingerprint density at radius 1 is 1.12 bits per heavy atom. The van der Waals surface area contributed by atoms with Crippen LogP contribution in [-0.4, -0.2) is 53.2 Å². The molecule has 4 rings (SSSR count). The lowest BCUT2D eigenvalue weighted by Gasteiger charge is -2.27. The Kier molecular flexibility index (Phi) is 5.51. The van der Waals surface area contributed by atoms with E-state index in [1.54, 1.807) is 0 Å². The number of carbonyl (C=O) groups is 1. The molecule has 1 aromatic heterocycles. The second kappa shape index (κ2) is 8.18. The second-order valence-electron chi connectivity index (χ2n) is 7.35. The molecule has 2 aliphatic rings. The summed E-state index contributed by atoms with van der Waals surface area (Å²) in [5.74, 6) is 0.957. The molecule has 0 bridgehead atoms. The van der Waals surface area contributed by atoms with E-state index in [0.717, 1.165) is 76.1 Å². The summed E-state index contributed by atoms with van der Waals surface area (Å²) >= 11 is 0. The third-order valence-corrected chi connectivity index (χ3v) is 5.61. The molecule has 1 saturated heterocycles. The molecule has 2 heterocycles. The van der Waals surface area contributed by atoms with Crippen molar-refractivity contribution in [2.24, 2.45) is 5.92 Å². The topological polar surface area (TPSA) is 59.4 Å². The first-order chi connectivity index (χ1) is 12.8. The summed E-state index contributed by atoms with van der Waals surface area (Å²) in [5, 5.41) is 3.13. The number of para-hydroxylation sites is 2. The van der Waals surface area contributed by atoms with E-state index in [2.05, 4.69) is 20.9 Å². The van der Waals surface area contributed by atoms with Crippen molar-refractivity contribution < 1.29 is 9.53 Å². The highest BCUT2D eigenvalue weighted by atomic mass is 16.5. The average molecular weight is 356 g/mol. The Balaban J connectivity index is 1.51. The highest BCUT2D eigenvalue weighted by Crippen LogP contribution is 2.26. The number of morpholine rings is 1. The van der Waals surface area contributed by atoms with Gasteiger partial charge in [-0.2, -0.15) is 0 Å². The SMILES string of the molecule is O=C(Nc1nc2ccccc2n1CCN1CCOCC1)C1CCCCC1. The molecular weight excluding hydrogens is 328 g/mol. The predicted molar refractivity (Wildman–Crippen MR) is 102 cm³/mol. The van der Waals surface area contributed by atoms with Gasteiger partial charge in [-0.3, -0.25) is 15.0 Å². The van der Waals surface area contributed by atoms with Crippen molar-refractivity contribution >= 4 is 22.9 Å². The molecule has 6 nitrogen and oxygen atoms in total. The Labute approximate surface area is 154 Å². The average Bonchev–Trinajstić information content (AvgIpc) is 3.05. The normalized spacial score (nSPS) is 19.7. The molecule has 1 saturated carbocycles. The van der Waals surface area contributed by atoms with Gasteiger partial charge in [0, 0.05) is 32.1 Å². The van der Waals surface area contributed by atoms with Gasteiger partial charge in [0.25, 0.3) is 0 Å². The van der Waals surface area contributed by atoms with E-state index in [0.29, 0.717) is 5.95 Å². The number of imidazole rings is 1. The smallest absolute Gasteiger partial charge is 0.229 e. The lowest BCUT2D eigenvalue weighted by Crippen LogP contribution is -2.38. The van der Waals surface area contributed by atoms with Gasteiger partial charge in [-0.15, -0.1) is 0 Å². The van der Waals surface area contributed by atoms with Gasteiger partial charge < -0.3 is 9.30 Å². The van der Waals surface area contributed by atoms with E-state index in [-0.39, 0.29) is 11.8 Å². The zero-order valence-corrected chi connectivity index (χ0v) is 15.3. The summed E-state index contributed by atoms with van der Waals surface area (Å²) in [6, 6.07) is 8.12. The highest BCUT2D eigenvalue weighted by Gasteiger charge is 2.23. The molecule has 0 spiro atoms. The number of amides is 1. The summed E-state index contributed by atoms with van der Waals surface area (Å²) in [6.07, 6.45) is 5.57. The van der Waals surface area contributed by atoms with Crippen LogP contribution >= 0.6 is 0 Å². The summed E-state index contributed by atoms with van der Waals surface area (Å²) in [4.78, 5) is 19.8. The maximum Gasteiger partial charge on any atom is 0.229 e. The zero-order valence-electron chi connectivity index (χ0n) is 15.3. The molecule has 6 heteroatoms. The van der Waals surface area contributed by atoms with Gasteiger partial charge >= 0.3 is 0 Å². The van der Waals surface area contributed by atoms with E-state index in [4.69, 9.17) is 9.72 Å². The van der Waals surface area contributed by atoms with Gasteiger partial charge in [0.2, 0.25) is 11.9 Å². The lowest BCUT2D eigenvalue weighted by atomic mass is 9.89. The zero-order chi connectivity index (χ0) is 17.8. The van der Waals surface area contributed by atoms with Crippen LogP contribution in [0.25, 0.3) is 11.0 Å². The number of hydrogen-bond acceptors (Lipinski definition) is 4. The number of fused-ring (bicyclic) bond motifs is 1. The fraction of sp³-hybridized carbons (Fsp3) is 0.600. The molecule has 140 valence electrons. The molecule has 1 amide bonds. The molecule has 0 radical (unpaired) electrons. The number of rotatable bonds is 5. The van der Waals surface area contributed by atoms with E-state index in [9.17, 15) is 4.79 Å². The molecule has 2 fully saturated rings. The minimum atomic E-state index is 0.132. The van der Waals surface area contributed by atoms with E-state index in [1.165, 1.54) is 6.42 Å². The number of benzene rings is 1. The number of nitrogens with zero attached hydrogens (tertiary/aromatic N) is 3. The number of hydrogen-bond donors (Lipinski definition) is 1. The van der Waals surface area contributed by atoms with E-state index in [1.807, 2.05) is 18.2 Å². The molecule has 1 N–H and O–H groups in total. The van der Waals surface area contributed by atoms with Crippen LogP contribution in [0.1, 0.15) is 32.1 Å². The summed E-state index contributed by atoms with van der Waals surface area (Å²) in [6.45, 7) is 5.30. The summed E-state index contributed by atoms with van der Waals surface area (Å²) in [5.41, 5.74) is 2.02. The van der Waals surface area contributed by atoms with Crippen molar-refractivity contribution in [2.75, 3.05) is 38.2 Å². The second-order valence-corrected chi connectivity index (χ2v) is 7.35. The number of ether oxygens (including phenoxy) is 1. The van der Waals surface area contributed by atoms with Crippen molar-refractivity contribution in [1.29, 1.82) is 0 Å². The number of aromatic nitrogens is 2. The van der Waals surface area contributed by atoms with E-state index >= 15 is 0 Å². The van der Waals surface area contributed by atoms with Crippen molar-refractivity contribution in [1.82, 2.24) is 14.5 Å². The molecule has 1 aromatic carbocycles. The third kappa shape index (κ3) is 3.91. The number of anilines is 1. The molecule has 1 aliphatic carbocycles. The van der Waals surface area contributed by atoms with Crippen LogP contribution in [0.2, 0.25) is 0 Å². The molecular formula is C20H28N4O2. The van der Waals surface area contributed by atoms with Crippen LogP contribution in [0.15, 0.2) is 24.3 Å². The molecule has 0 unspecified atom stereocenters. The minimum absolute atomic E-state index is 0.132. The van der Waals surface area contributed by atoms with Crippen LogP contribution in [0.4, 0.5) is 5.95 Å². The van der Waals surface area contributed by atoms with Crippen molar-refractivity contribution in [3.8, 4) is 0 Å². The minimum Gasteiger partial charge on any atom is -0.379 e.